The van der Waals surface area contributed by atoms with E-state index in [9.17, 15) is 9.13 Å². The van der Waals surface area contributed by atoms with E-state index in [1.165, 1.54) is 0 Å². The van der Waals surface area contributed by atoms with Crippen LogP contribution in [-0.2, 0) is 27.2 Å². The highest BCUT2D eigenvalue weighted by Gasteiger charge is 2.62. The molecule has 1 saturated heterocycles. The van der Waals surface area contributed by atoms with E-state index in [-0.39, 0.29) is 24.5 Å². The Balaban J connectivity index is 3.27. The lowest BCUT2D eigenvalue weighted by molar-refractivity contribution is 0.0241. The van der Waals surface area contributed by atoms with Crippen molar-refractivity contribution in [1.29, 1.82) is 0 Å². The molecule has 0 N–H and O–H groups in total. The van der Waals surface area contributed by atoms with E-state index in [1.807, 2.05) is 27.7 Å². The molecule has 0 amide bonds. The molecule has 0 spiro atoms. The largest absolute Gasteiger partial charge is 0.348 e. The molecule has 32 heavy (non-hydrogen) atoms. The zero-order valence-corrected chi connectivity index (χ0v) is 24.0. The van der Waals surface area contributed by atoms with E-state index >= 15 is 0 Å². The van der Waals surface area contributed by atoms with Gasteiger partial charge in [-0.05, 0) is 46.0 Å². The zero-order chi connectivity index (χ0) is 24.7. The highest BCUT2D eigenvalue weighted by atomic mass is 31.2. The summed E-state index contributed by atoms with van der Waals surface area (Å²) in [7, 11) is -7.63. The van der Waals surface area contributed by atoms with E-state index in [0.29, 0.717) is 13.0 Å². The van der Waals surface area contributed by atoms with Gasteiger partial charge in [-0.2, -0.15) is 0 Å². The third-order valence-corrected chi connectivity index (χ3v) is 13.0. The molecule has 0 aromatic rings. The molecule has 1 heterocycles. The van der Waals surface area contributed by atoms with E-state index < -0.39 is 25.7 Å². The first-order valence-corrected chi connectivity index (χ1v) is 15.7. The summed E-state index contributed by atoms with van der Waals surface area (Å²) in [6.07, 6.45) is 7.55. The summed E-state index contributed by atoms with van der Waals surface area (Å²) in [4.78, 5) is -1.41. The monoisotopic (exact) mass is 496 g/mol. The first-order chi connectivity index (χ1) is 14.7. The first-order valence-electron chi connectivity index (χ1n) is 12.6. The smallest absolute Gasteiger partial charge is 0.307 e. The molecule has 8 heteroatoms. The summed E-state index contributed by atoms with van der Waals surface area (Å²) in [6, 6.07) is 0. The minimum Gasteiger partial charge on any atom is -0.307 e. The molecule has 192 valence electrons. The van der Waals surface area contributed by atoms with Crippen LogP contribution in [0, 0.1) is 11.3 Å². The van der Waals surface area contributed by atoms with Crippen molar-refractivity contribution < 1.29 is 27.2 Å². The molecule has 6 nitrogen and oxygen atoms in total. The minimum absolute atomic E-state index is 0.248. The van der Waals surface area contributed by atoms with Crippen molar-refractivity contribution in [3.63, 3.8) is 0 Å². The lowest BCUT2D eigenvalue weighted by Gasteiger charge is -2.45. The van der Waals surface area contributed by atoms with Crippen LogP contribution in [0.25, 0.3) is 0 Å². The van der Waals surface area contributed by atoms with Gasteiger partial charge in [-0.15, -0.1) is 0 Å². The van der Waals surface area contributed by atoms with Crippen LogP contribution in [-0.4, -0.2) is 30.3 Å². The van der Waals surface area contributed by atoms with E-state index in [4.69, 9.17) is 18.1 Å². The van der Waals surface area contributed by atoms with Gasteiger partial charge in [0.2, 0.25) is 0 Å². The molecule has 3 atom stereocenters. The summed E-state index contributed by atoms with van der Waals surface area (Å²) in [5, 5.41) is 0. The highest BCUT2D eigenvalue weighted by molar-refractivity contribution is 7.74. The van der Waals surface area contributed by atoms with E-state index in [2.05, 4.69) is 20.8 Å². The van der Waals surface area contributed by atoms with Crippen LogP contribution in [0.15, 0.2) is 0 Å². The Morgan fingerprint density at radius 2 is 1.59 bits per heavy atom. The molecule has 0 saturated carbocycles. The Bertz CT molecular complexity index is 649. The van der Waals surface area contributed by atoms with E-state index in [0.717, 1.165) is 44.9 Å². The van der Waals surface area contributed by atoms with Crippen molar-refractivity contribution in [3.8, 4) is 0 Å². The quantitative estimate of drug-likeness (QED) is 0.211. The Kier molecular flexibility index (Phi) is 11.7. The average molecular weight is 497 g/mol. The van der Waals surface area contributed by atoms with Gasteiger partial charge < -0.3 is 18.1 Å². The van der Waals surface area contributed by atoms with Crippen LogP contribution < -0.4 is 0 Å². The second-order valence-electron chi connectivity index (χ2n) is 10.9. The van der Waals surface area contributed by atoms with Crippen LogP contribution in [0.2, 0.25) is 0 Å². The maximum Gasteiger partial charge on any atom is 0.348 e. The van der Waals surface area contributed by atoms with Crippen molar-refractivity contribution in [2.45, 2.75) is 124 Å². The second kappa shape index (κ2) is 12.3. The van der Waals surface area contributed by atoms with Gasteiger partial charge in [0.15, 0.2) is 4.90 Å². The number of unbranched alkanes of at least 4 members (excludes halogenated alkanes) is 2. The van der Waals surface area contributed by atoms with Crippen molar-refractivity contribution in [2.75, 3.05) is 19.8 Å². The van der Waals surface area contributed by atoms with Crippen LogP contribution >= 0.6 is 15.2 Å². The fraction of sp³-hybridized carbons (Fsp3) is 1.00. The van der Waals surface area contributed by atoms with Gasteiger partial charge in [0.05, 0.1) is 25.4 Å². The van der Waals surface area contributed by atoms with Crippen molar-refractivity contribution in [2.24, 2.45) is 11.3 Å². The standard InChI is InChI=1S/C24H50O6P2/c1-10-14-16-21(12-3)18-27-32(26,30-24(9,13-4)17-15-11-2)23(7,8)31(25)28-19-22(5,6)20-29-31/h21H,10-20H2,1-9H3. The molecule has 1 aliphatic rings. The van der Waals surface area contributed by atoms with Crippen LogP contribution in [0.1, 0.15) is 114 Å². The lowest BCUT2D eigenvalue weighted by Crippen LogP contribution is -2.38. The van der Waals surface area contributed by atoms with Crippen molar-refractivity contribution >= 4 is 15.2 Å². The Hall–Kier alpha value is 0.300. The Morgan fingerprint density at radius 3 is 2.06 bits per heavy atom. The third kappa shape index (κ3) is 7.65. The van der Waals surface area contributed by atoms with Crippen LogP contribution in [0.5, 0.6) is 0 Å². The normalized spacial score (nSPS) is 23.3. The maximum absolute atomic E-state index is 14.6. The highest BCUT2D eigenvalue weighted by Crippen LogP contribution is 2.79. The average Bonchev–Trinajstić information content (AvgIpc) is 2.74. The maximum atomic E-state index is 14.6. The lowest BCUT2D eigenvalue weighted by atomic mass is 9.97. The molecule has 0 aromatic heterocycles. The molecule has 3 unspecified atom stereocenters. The molecule has 0 aliphatic carbocycles. The fourth-order valence-electron chi connectivity index (χ4n) is 3.59. The van der Waals surface area contributed by atoms with Crippen LogP contribution in [0.3, 0.4) is 0 Å². The third-order valence-electron chi connectivity index (χ3n) is 6.76. The van der Waals surface area contributed by atoms with Crippen molar-refractivity contribution in [3.05, 3.63) is 0 Å². The number of hydrogen-bond acceptors (Lipinski definition) is 6. The summed E-state index contributed by atoms with van der Waals surface area (Å²) in [6.45, 7) is 18.6. The van der Waals surface area contributed by atoms with Gasteiger partial charge in [0, 0.05) is 5.41 Å². The molecule has 0 aromatic carbocycles. The molecular formula is C24H50O6P2. The summed E-state index contributed by atoms with van der Waals surface area (Å²) >= 11 is 0. The Morgan fingerprint density at radius 1 is 1.03 bits per heavy atom. The summed E-state index contributed by atoms with van der Waals surface area (Å²) in [5.74, 6) is 0.277. The van der Waals surface area contributed by atoms with Gasteiger partial charge in [0.25, 0.3) is 0 Å². The van der Waals surface area contributed by atoms with Crippen molar-refractivity contribution in [1.82, 2.24) is 0 Å². The molecule has 1 rings (SSSR count). The molecule has 1 fully saturated rings. The zero-order valence-electron chi connectivity index (χ0n) is 22.2. The predicted octanol–water partition coefficient (Wildman–Crippen LogP) is 8.79. The van der Waals surface area contributed by atoms with Gasteiger partial charge in [-0.1, -0.05) is 73.6 Å². The van der Waals surface area contributed by atoms with E-state index in [1.54, 1.807) is 13.8 Å². The minimum atomic E-state index is -3.89. The fourth-order valence-corrected chi connectivity index (χ4v) is 8.98. The topological polar surface area (TPSA) is 71.1 Å². The first kappa shape index (κ1) is 30.3. The predicted molar refractivity (Wildman–Crippen MR) is 134 cm³/mol. The molecular weight excluding hydrogens is 446 g/mol. The Labute approximate surface area is 198 Å². The van der Waals surface area contributed by atoms with Gasteiger partial charge in [-0.25, -0.2) is 0 Å². The summed E-state index contributed by atoms with van der Waals surface area (Å²) < 4.78 is 52.7. The van der Waals surface area contributed by atoms with Crippen LogP contribution in [0.4, 0.5) is 0 Å². The molecule has 1 aliphatic heterocycles. The molecule has 0 radical (unpaired) electrons. The van der Waals surface area contributed by atoms with Gasteiger partial charge in [-0.3, -0.25) is 9.13 Å². The second-order valence-corrected chi connectivity index (χ2v) is 16.4. The number of hydrogen-bond donors (Lipinski definition) is 0. The van der Waals surface area contributed by atoms with Gasteiger partial charge in [0.1, 0.15) is 0 Å². The SMILES string of the molecule is CCCCC(CC)COP(=O)(OC(C)(CC)CCCC)C(C)(C)P1(=O)OCC(C)(C)CO1. The number of rotatable bonds is 15. The summed E-state index contributed by atoms with van der Waals surface area (Å²) in [5.41, 5.74) is -0.885. The molecule has 0 bridgehead atoms. The van der Waals surface area contributed by atoms with Gasteiger partial charge >= 0.3 is 15.2 Å².